The summed E-state index contributed by atoms with van der Waals surface area (Å²) < 4.78 is 27.0. The molecule has 1 aliphatic rings. The van der Waals surface area contributed by atoms with Crippen molar-refractivity contribution in [1.29, 1.82) is 0 Å². The van der Waals surface area contributed by atoms with Crippen molar-refractivity contribution in [1.82, 2.24) is 4.72 Å². The van der Waals surface area contributed by atoms with E-state index in [0.29, 0.717) is 18.7 Å². The highest BCUT2D eigenvalue weighted by Crippen LogP contribution is 2.23. The molecule has 1 heterocycles. The molecule has 0 aromatic heterocycles. The van der Waals surface area contributed by atoms with E-state index in [1.54, 1.807) is 17.0 Å². The van der Waals surface area contributed by atoms with Crippen molar-refractivity contribution < 1.29 is 23.1 Å². The minimum atomic E-state index is -3.94. The monoisotopic (exact) mass is 354 g/mol. The summed E-state index contributed by atoms with van der Waals surface area (Å²) in [6.07, 6.45) is 1.49. The van der Waals surface area contributed by atoms with Crippen LogP contribution in [0.2, 0.25) is 0 Å². The first-order valence-corrected chi connectivity index (χ1v) is 9.34. The van der Waals surface area contributed by atoms with Crippen LogP contribution in [0.15, 0.2) is 29.2 Å². The molecule has 0 spiro atoms. The molecule has 1 aromatic rings. The summed E-state index contributed by atoms with van der Waals surface area (Å²) in [5.74, 6) is -1.14. The third kappa shape index (κ3) is 4.33. The molecule has 1 amide bonds. The van der Waals surface area contributed by atoms with Gasteiger partial charge in [-0.1, -0.05) is 13.8 Å². The lowest BCUT2D eigenvalue weighted by Gasteiger charge is -2.18. The van der Waals surface area contributed by atoms with Crippen LogP contribution in [-0.2, 0) is 19.6 Å². The number of sulfonamides is 1. The van der Waals surface area contributed by atoms with Crippen LogP contribution >= 0.6 is 0 Å². The van der Waals surface area contributed by atoms with Crippen molar-refractivity contribution in [3.05, 3.63) is 24.3 Å². The molecule has 132 valence electrons. The van der Waals surface area contributed by atoms with Gasteiger partial charge in [0.1, 0.15) is 6.04 Å². The minimum absolute atomic E-state index is 0.0200. The summed E-state index contributed by atoms with van der Waals surface area (Å²) in [7, 11) is -3.94. The molecule has 2 N–H and O–H groups in total. The molecular formula is C16H22N2O5S. The van der Waals surface area contributed by atoms with Gasteiger partial charge in [0.25, 0.3) is 0 Å². The molecule has 0 aliphatic carbocycles. The second kappa shape index (κ2) is 7.31. The molecule has 24 heavy (non-hydrogen) atoms. The standard InChI is InChI=1S/C16H22N2O5S/c1-11(2)10-14(16(20)21)17-24(22,23)13-7-5-12(6-8-13)18-9-3-4-15(18)19/h5-8,11,14,17H,3-4,9-10H2,1-2H3,(H,20,21). The summed E-state index contributed by atoms with van der Waals surface area (Å²) in [4.78, 5) is 24.5. The van der Waals surface area contributed by atoms with E-state index in [1.807, 2.05) is 13.8 Å². The maximum Gasteiger partial charge on any atom is 0.321 e. The fourth-order valence-electron chi connectivity index (χ4n) is 2.65. The van der Waals surface area contributed by atoms with E-state index in [9.17, 15) is 23.1 Å². The molecule has 1 fully saturated rings. The van der Waals surface area contributed by atoms with E-state index < -0.39 is 22.0 Å². The molecule has 2 rings (SSSR count). The highest BCUT2D eigenvalue weighted by molar-refractivity contribution is 7.89. The number of carboxylic acids is 1. The predicted octanol–water partition coefficient (Wildman–Crippen LogP) is 1.59. The van der Waals surface area contributed by atoms with Crippen molar-refractivity contribution in [2.24, 2.45) is 5.92 Å². The number of nitrogens with zero attached hydrogens (tertiary/aromatic N) is 1. The smallest absolute Gasteiger partial charge is 0.321 e. The van der Waals surface area contributed by atoms with E-state index in [4.69, 9.17) is 0 Å². The third-order valence-corrected chi connectivity index (χ3v) is 5.32. The maximum atomic E-state index is 12.4. The number of hydrogen-bond donors (Lipinski definition) is 2. The van der Waals surface area contributed by atoms with Crippen molar-refractivity contribution in [2.75, 3.05) is 11.4 Å². The Kier molecular flexibility index (Phi) is 5.61. The van der Waals surface area contributed by atoms with Gasteiger partial charge in [0.05, 0.1) is 4.90 Å². The van der Waals surface area contributed by atoms with Crippen LogP contribution in [0.3, 0.4) is 0 Å². The van der Waals surface area contributed by atoms with Gasteiger partial charge in [-0.05, 0) is 43.0 Å². The lowest BCUT2D eigenvalue weighted by atomic mass is 10.1. The first-order valence-electron chi connectivity index (χ1n) is 7.86. The molecule has 8 heteroatoms. The fourth-order valence-corrected chi connectivity index (χ4v) is 3.85. The maximum absolute atomic E-state index is 12.4. The van der Waals surface area contributed by atoms with Crippen LogP contribution in [0.1, 0.15) is 33.1 Å². The molecule has 1 unspecified atom stereocenters. The van der Waals surface area contributed by atoms with Gasteiger partial charge in [-0.2, -0.15) is 4.72 Å². The van der Waals surface area contributed by atoms with E-state index >= 15 is 0 Å². The predicted molar refractivity (Wildman–Crippen MR) is 89.2 cm³/mol. The number of carbonyl (C=O) groups excluding carboxylic acids is 1. The average molecular weight is 354 g/mol. The van der Waals surface area contributed by atoms with Gasteiger partial charge in [-0.15, -0.1) is 0 Å². The largest absolute Gasteiger partial charge is 0.480 e. The van der Waals surface area contributed by atoms with Crippen LogP contribution in [0.5, 0.6) is 0 Å². The Morgan fingerprint density at radius 1 is 1.29 bits per heavy atom. The topological polar surface area (TPSA) is 104 Å². The number of carbonyl (C=O) groups is 2. The molecule has 7 nitrogen and oxygen atoms in total. The second-order valence-corrected chi connectivity index (χ2v) is 8.00. The van der Waals surface area contributed by atoms with Crippen molar-refractivity contribution in [3.63, 3.8) is 0 Å². The number of rotatable bonds is 7. The summed E-state index contributed by atoms with van der Waals surface area (Å²) in [6.45, 7) is 4.27. The van der Waals surface area contributed by atoms with Gasteiger partial charge in [-0.25, -0.2) is 8.42 Å². The Bertz CT molecular complexity index is 712. The van der Waals surface area contributed by atoms with E-state index in [2.05, 4.69) is 4.72 Å². The number of nitrogens with one attached hydrogen (secondary N) is 1. The Morgan fingerprint density at radius 3 is 2.38 bits per heavy atom. The normalized spacial score (nSPS) is 16.6. The summed E-state index contributed by atoms with van der Waals surface area (Å²) in [5.41, 5.74) is 0.647. The molecule has 0 radical (unpaired) electrons. The Morgan fingerprint density at radius 2 is 1.92 bits per heavy atom. The zero-order chi connectivity index (χ0) is 17.9. The Balaban J connectivity index is 2.16. The van der Waals surface area contributed by atoms with Gasteiger partial charge in [-0.3, -0.25) is 9.59 Å². The molecule has 1 aromatic carbocycles. The highest BCUT2D eigenvalue weighted by Gasteiger charge is 2.27. The van der Waals surface area contributed by atoms with Crippen LogP contribution in [0, 0.1) is 5.92 Å². The zero-order valence-electron chi connectivity index (χ0n) is 13.7. The molecule has 1 saturated heterocycles. The average Bonchev–Trinajstić information content (AvgIpc) is 2.92. The summed E-state index contributed by atoms with van der Waals surface area (Å²) >= 11 is 0. The number of anilines is 1. The molecule has 0 saturated carbocycles. The van der Waals surface area contributed by atoms with E-state index in [0.717, 1.165) is 6.42 Å². The highest BCUT2D eigenvalue weighted by atomic mass is 32.2. The second-order valence-electron chi connectivity index (χ2n) is 6.28. The summed E-state index contributed by atoms with van der Waals surface area (Å²) in [5, 5.41) is 9.18. The van der Waals surface area contributed by atoms with Crippen LogP contribution < -0.4 is 9.62 Å². The lowest BCUT2D eigenvalue weighted by molar-refractivity contribution is -0.139. The molecular weight excluding hydrogens is 332 g/mol. The van der Waals surface area contributed by atoms with Crippen LogP contribution in [-0.4, -0.2) is 38.0 Å². The molecule has 0 bridgehead atoms. The summed E-state index contributed by atoms with van der Waals surface area (Å²) in [6, 6.07) is 4.73. The zero-order valence-corrected chi connectivity index (χ0v) is 14.5. The third-order valence-electron chi connectivity index (χ3n) is 3.83. The van der Waals surface area contributed by atoms with Crippen molar-refractivity contribution >= 4 is 27.6 Å². The number of benzene rings is 1. The van der Waals surface area contributed by atoms with Gasteiger partial charge in [0, 0.05) is 18.7 Å². The minimum Gasteiger partial charge on any atom is -0.480 e. The number of amides is 1. The first-order chi connectivity index (χ1) is 11.2. The van der Waals surface area contributed by atoms with Crippen molar-refractivity contribution in [3.8, 4) is 0 Å². The Labute approximate surface area is 141 Å². The van der Waals surface area contributed by atoms with Gasteiger partial charge < -0.3 is 10.0 Å². The number of carboxylic acid groups (broad SMARTS) is 1. The van der Waals surface area contributed by atoms with E-state index in [1.165, 1.54) is 12.1 Å². The van der Waals surface area contributed by atoms with Crippen molar-refractivity contribution in [2.45, 2.75) is 44.0 Å². The van der Waals surface area contributed by atoms with Gasteiger partial charge >= 0.3 is 5.97 Å². The molecule has 1 aliphatic heterocycles. The fraction of sp³-hybridized carbons (Fsp3) is 0.500. The number of aliphatic carboxylic acids is 1. The van der Waals surface area contributed by atoms with Gasteiger partial charge in [0.15, 0.2) is 0 Å². The molecule has 1 atom stereocenters. The first kappa shape index (κ1) is 18.4. The van der Waals surface area contributed by atoms with Gasteiger partial charge in [0.2, 0.25) is 15.9 Å². The van der Waals surface area contributed by atoms with E-state index in [-0.39, 0.29) is 23.1 Å². The lowest BCUT2D eigenvalue weighted by Crippen LogP contribution is -2.41. The Hall–Kier alpha value is -1.93. The number of hydrogen-bond acceptors (Lipinski definition) is 4. The SMILES string of the molecule is CC(C)CC(NS(=O)(=O)c1ccc(N2CCCC2=O)cc1)C(=O)O. The van der Waals surface area contributed by atoms with Crippen LogP contribution in [0.4, 0.5) is 5.69 Å². The quantitative estimate of drug-likeness (QED) is 0.774. The van der Waals surface area contributed by atoms with Crippen LogP contribution in [0.25, 0.3) is 0 Å².